The molecule has 2 aromatic carbocycles. The second kappa shape index (κ2) is 9.24. The number of aryl methyl sites for hydroxylation is 1. The number of hydrogen-bond donors (Lipinski definition) is 2. The Kier molecular flexibility index (Phi) is 6.50. The van der Waals surface area contributed by atoms with E-state index >= 15 is 0 Å². The molecule has 0 spiro atoms. The summed E-state index contributed by atoms with van der Waals surface area (Å²) in [4.78, 5) is 12.8. The third-order valence-corrected chi connectivity index (χ3v) is 4.63. The van der Waals surface area contributed by atoms with Gasteiger partial charge < -0.3 is 10.4 Å². The molecule has 0 saturated carbocycles. The molecule has 0 aliphatic rings. The van der Waals surface area contributed by atoms with Crippen molar-refractivity contribution in [3.8, 4) is 17.2 Å². The molecular weight excluding hydrogens is 371 g/mol. The van der Waals surface area contributed by atoms with Crippen LogP contribution in [0.4, 0.5) is 4.39 Å². The molecule has 0 aliphatic heterocycles. The Bertz CT molecular complexity index is 1070. The number of aromatic nitrogens is 2. The molecule has 0 amide bonds. The Morgan fingerprint density at radius 2 is 2.00 bits per heavy atom. The number of nitrogens with zero attached hydrogens (tertiary/aromatic N) is 3. The maximum atomic E-state index is 14.2. The fraction of sp³-hybridized carbons (Fsp3) is 0.227. The Balaban J connectivity index is 1.87. The summed E-state index contributed by atoms with van der Waals surface area (Å²) in [5.41, 5.74) is 2.71. The molecule has 3 rings (SSSR count). The van der Waals surface area contributed by atoms with Crippen molar-refractivity contribution < 1.29 is 14.3 Å². The molecule has 0 aliphatic carbocycles. The number of Topliss-reactive ketones (excluding diaryl/α,β-unsaturated/α-hetero) is 1. The predicted molar refractivity (Wildman–Crippen MR) is 107 cm³/mol. The first kappa shape index (κ1) is 20.4. The SMILES string of the molecule is Cn1nc(C(=O)Cc2cccc(-c3ccccc3F)c2C#N)cc1CNCCO. The van der Waals surface area contributed by atoms with Gasteiger partial charge in [-0.3, -0.25) is 9.48 Å². The second-order valence-corrected chi connectivity index (χ2v) is 6.58. The molecule has 7 heteroatoms. The molecule has 148 valence electrons. The standard InChI is InChI=1S/C22H21FN4O2/c1-27-16(14-25-9-10-28)12-21(26-27)22(29)11-15-5-4-7-17(19(15)13-24)18-6-2-3-8-20(18)23/h2-8,12,25,28H,9-11,14H2,1H3. The minimum absolute atomic E-state index is 0.00823. The fourth-order valence-electron chi connectivity index (χ4n) is 3.15. The van der Waals surface area contributed by atoms with Crippen LogP contribution in [0.1, 0.15) is 27.3 Å². The van der Waals surface area contributed by atoms with Crippen LogP contribution in [-0.2, 0) is 20.0 Å². The van der Waals surface area contributed by atoms with Crippen molar-refractivity contribution in [2.75, 3.05) is 13.2 Å². The number of nitriles is 1. The quantitative estimate of drug-likeness (QED) is 0.454. The Morgan fingerprint density at radius 1 is 1.24 bits per heavy atom. The molecule has 0 atom stereocenters. The first-order valence-corrected chi connectivity index (χ1v) is 9.19. The molecule has 2 N–H and O–H groups in total. The van der Waals surface area contributed by atoms with Crippen LogP contribution in [0.2, 0.25) is 0 Å². The van der Waals surface area contributed by atoms with Gasteiger partial charge in [-0.2, -0.15) is 10.4 Å². The van der Waals surface area contributed by atoms with E-state index in [0.717, 1.165) is 5.69 Å². The molecule has 0 radical (unpaired) electrons. The molecule has 0 bridgehead atoms. The van der Waals surface area contributed by atoms with Gasteiger partial charge in [0, 0.05) is 37.7 Å². The topological polar surface area (TPSA) is 90.9 Å². The predicted octanol–water partition coefficient (Wildman–Crippen LogP) is 2.61. The van der Waals surface area contributed by atoms with Crippen molar-refractivity contribution in [3.63, 3.8) is 0 Å². The summed E-state index contributed by atoms with van der Waals surface area (Å²) in [5, 5.41) is 25.8. The highest BCUT2D eigenvalue weighted by molar-refractivity contribution is 5.96. The van der Waals surface area contributed by atoms with E-state index in [9.17, 15) is 14.4 Å². The summed E-state index contributed by atoms with van der Waals surface area (Å²) < 4.78 is 15.8. The zero-order valence-electron chi connectivity index (χ0n) is 16.0. The zero-order valence-corrected chi connectivity index (χ0v) is 16.0. The second-order valence-electron chi connectivity index (χ2n) is 6.58. The minimum atomic E-state index is -0.419. The highest BCUT2D eigenvalue weighted by Gasteiger charge is 2.18. The van der Waals surface area contributed by atoms with Gasteiger partial charge in [0.25, 0.3) is 0 Å². The molecule has 0 saturated heterocycles. The van der Waals surface area contributed by atoms with Gasteiger partial charge >= 0.3 is 0 Å². The van der Waals surface area contributed by atoms with Gasteiger partial charge in [-0.05, 0) is 17.7 Å². The minimum Gasteiger partial charge on any atom is -0.395 e. The molecule has 29 heavy (non-hydrogen) atoms. The highest BCUT2D eigenvalue weighted by atomic mass is 19.1. The molecule has 1 aromatic heterocycles. The Hall–Kier alpha value is -3.34. The van der Waals surface area contributed by atoms with Gasteiger partial charge in [0.15, 0.2) is 5.78 Å². The first-order valence-electron chi connectivity index (χ1n) is 9.19. The lowest BCUT2D eigenvalue weighted by atomic mass is 9.93. The highest BCUT2D eigenvalue weighted by Crippen LogP contribution is 2.28. The largest absolute Gasteiger partial charge is 0.395 e. The van der Waals surface area contributed by atoms with Crippen LogP contribution in [0.3, 0.4) is 0 Å². The number of halogens is 1. The fourth-order valence-corrected chi connectivity index (χ4v) is 3.15. The van der Waals surface area contributed by atoms with Crippen molar-refractivity contribution >= 4 is 5.78 Å². The van der Waals surface area contributed by atoms with Crippen LogP contribution in [0.5, 0.6) is 0 Å². The number of benzene rings is 2. The van der Waals surface area contributed by atoms with Crippen LogP contribution in [0, 0.1) is 17.1 Å². The van der Waals surface area contributed by atoms with Crippen LogP contribution >= 0.6 is 0 Å². The van der Waals surface area contributed by atoms with E-state index in [2.05, 4.69) is 16.5 Å². The first-order chi connectivity index (χ1) is 14.0. The lowest BCUT2D eigenvalue weighted by molar-refractivity contribution is 0.0987. The number of carbonyl (C=O) groups excluding carboxylic acids is 1. The van der Waals surface area contributed by atoms with Crippen molar-refractivity contribution in [1.82, 2.24) is 15.1 Å². The third-order valence-electron chi connectivity index (χ3n) is 4.63. The summed E-state index contributed by atoms with van der Waals surface area (Å²) in [6.45, 7) is 0.950. The summed E-state index contributed by atoms with van der Waals surface area (Å²) in [5.74, 6) is -0.645. The zero-order chi connectivity index (χ0) is 20.8. The van der Waals surface area contributed by atoms with Crippen molar-refractivity contribution in [2.24, 2.45) is 7.05 Å². The van der Waals surface area contributed by atoms with Gasteiger partial charge in [-0.25, -0.2) is 4.39 Å². The number of rotatable bonds is 8. The number of aliphatic hydroxyl groups excluding tert-OH is 1. The lowest BCUT2D eigenvalue weighted by Gasteiger charge is -2.09. The van der Waals surface area contributed by atoms with Crippen LogP contribution < -0.4 is 5.32 Å². The van der Waals surface area contributed by atoms with E-state index in [1.807, 2.05) is 0 Å². The van der Waals surface area contributed by atoms with Gasteiger partial charge in [0.05, 0.1) is 17.9 Å². The van der Waals surface area contributed by atoms with Crippen molar-refractivity contribution in [1.29, 1.82) is 5.26 Å². The van der Waals surface area contributed by atoms with E-state index in [4.69, 9.17) is 5.11 Å². The van der Waals surface area contributed by atoms with E-state index in [1.54, 1.807) is 54.2 Å². The smallest absolute Gasteiger partial charge is 0.187 e. The lowest BCUT2D eigenvalue weighted by Crippen LogP contribution is -2.19. The molecule has 0 fully saturated rings. The third kappa shape index (κ3) is 4.57. The number of aliphatic hydroxyl groups is 1. The molecule has 0 unspecified atom stereocenters. The van der Waals surface area contributed by atoms with E-state index in [1.165, 1.54) is 6.07 Å². The van der Waals surface area contributed by atoms with Crippen molar-refractivity contribution in [3.05, 3.63) is 76.9 Å². The maximum absolute atomic E-state index is 14.2. The summed E-state index contributed by atoms with van der Waals surface area (Å²) in [7, 11) is 1.74. The van der Waals surface area contributed by atoms with Crippen LogP contribution in [0.15, 0.2) is 48.5 Å². The summed E-state index contributed by atoms with van der Waals surface area (Å²) >= 11 is 0. The van der Waals surface area contributed by atoms with Crippen LogP contribution in [-0.4, -0.2) is 33.8 Å². The molecule has 1 heterocycles. The Morgan fingerprint density at radius 3 is 2.72 bits per heavy atom. The molecule has 3 aromatic rings. The molecular formula is C22H21FN4O2. The number of ketones is 1. The number of carbonyl (C=O) groups is 1. The normalized spacial score (nSPS) is 10.7. The van der Waals surface area contributed by atoms with Crippen LogP contribution in [0.25, 0.3) is 11.1 Å². The summed E-state index contributed by atoms with van der Waals surface area (Å²) in [6.07, 6.45) is -0.00823. The van der Waals surface area contributed by atoms with Gasteiger partial charge in [-0.15, -0.1) is 0 Å². The average Bonchev–Trinajstić information content (AvgIpc) is 3.09. The molecule has 6 nitrogen and oxygen atoms in total. The van der Waals surface area contributed by atoms with Gasteiger partial charge in [0.1, 0.15) is 17.6 Å². The van der Waals surface area contributed by atoms with E-state index < -0.39 is 5.82 Å². The maximum Gasteiger partial charge on any atom is 0.187 e. The Labute approximate surface area is 168 Å². The van der Waals surface area contributed by atoms with Gasteiger partial charge in [0.2, 0.25) is 0 Å². The summed E-state index contributed by atoms with van der Waals surface area (Å²) in [6, 6.07) is 15.2. The van der Waals surface area contributed by atoms with Gasteiger partial charge in [-0.1, -0.05) is 36.4 Å². The monoisotopic (exact) mass is 392 g/mol. The number of hydrogen-bond acceptors (Lipinski definition) is 5. The van der Waals surface area contributed by atoms with E-state index in [-0.39, 0.29) is 24.4 Å². The number of nitrogens with one attached hydrogen (secondary N) is 1. The van der Waals surface area contributed by atoms with Crippen molar-refractivity contribution in [2.45, 2.75) is 13.0 Å². The van der Waals surface area contributed by atoms with E-state index in [0.29, 0.717) is 35.5 Å². The average molecular weight is 392 g/mol.